The first-order valence-electron chi connectivity index (χ1n) is 6.51. The molecule has 21 heavy (non-hydrogen) atoms. The first-order chi connectivity index (χ1) is 9.56. The Morgan fingerprint density at radius 2 is 1.86 bits per heavy atom. The highest BCUT2D eigenvalue weighted by Gasteiger charge is 2.23. The fourth-order valence-corrected chi connectivity index (χ4v) is 3.92. The zero-order chi connectivity index (χ0) is 16.4. The van der Waals surface area contributed by atoms with Gasteiger partial charge in [-0.25, -0.2) is 13.1 Å². The highest BCUT2D eigenvalue weighted by Crippen LogP contribution is 2.26. The number of aryl methyl sites for hydroxylation is 2. The number of aliphatic carboxylic acids is 1. The molecular weight excluding hydrogens is 290 g/mol. The van der Waals surface area contributed by atoms with Crippen molar-refractivity contribution in [2.75, 3.05) is 6.54 Å². The molecule has 0 saturated heterocycles. The van der Waals surface area contributed by atoms with Gasteiger partial charge in [0.15, 0.2) is 0 Å². The van der Waals surface area contributed by atoms with Crippen LogP contribution in [0.2, 0.25) is 0 Å². The molecule has 0 aliphatic rings. The summed E-state index contributed by atoms with van der Waals surface area (Å²) >= 11 is 0. The van der Waals surface area contributed by atoms with Crippen molar-refractivity contribution in [2.24, 2.45) is 0 Å². The van der Waals surface area contributed by atoms with Crippen LogP contribution in [0.4, 0.5) is 0 Å². The first kappa shape index (κ1) is 17.4. The van der Waals surface area contributed by atoms with Crippen molar-refractivity contribution in [1.29, 1.82) is 0 Å². The maximum atomic E-state index is 12.4. The van der Waals surface area contributed by atoms with Crippen molar-refractivity contribution in [3.63, 3.8) is 0 Å². The van der Waals surface area contributed by atoms with Crippen LogP contribution in [-0.4, -0.2) is 26.0 Å². The molecule has 0 spiro atoms. The van der Waals surface area contributed by atoms with Gasteiger partial charge < -0.3 is 5.11 Å². The number of hydrogen-bond donors (Lipinski definition) is 2. The van der Waals surface area contributed by atoms with Gasteiger partial charge in [0.05, 0.1) is 11.3 Å². The van der Waals surface area contributed by atoms with E-state index in [1.807, 2.05) is 0 Å². The van der Waals surface area contributed by atoms with Crippen molar-refractivity contribution in [1.82, 2.24) is 4.72 Å². The molecule has 0 heterocycles. The van der Waals surface area contributed by atoms with E-state index in [4.69, 9.17) is 5.11 Å². The molecule has 0 atom stereocenters. The molecule has 5 nitrogen and oxygen atoms in total. The molecule has 1 rings (SSSR count). The van der Waals surface area contributed by atoms with Gasteiger partial charge in [-0.05, 0) is 49.9 Å². The minimum absolute atomic E-state index is 0.156. The van der Waals surface area contributed by atoms with E-state index in [0.29, 0.717) is 22.3 Å². The molecular formula is C15H21NO4S. The number of carboxylic acid groups (broad SMARTS) is 1. The van der Waals surface area contributed by atoms with Crippen molar-refractivity contribution in [2.45, 2.75) is 39.0 Å². The number of rotatable bonds is 6. The van der Waals surface area contributed by atoms with Gasteiger partial charge >= 0.3 is 5.97 Å². The van der Waals surface area contributed by atoms with E-state index in [1.54, 1.807) is 33.8 Å². The van der Waals surface area contributed by atoms with Gasteiger partial charge in [-0.3, -0.25) is 4.79 Å². The molecule has 116 valence electrons. The summed E-state index contributed by atoms with van der Waals surface area (Å²) in [6, 6.07) is 1.71. The lowest BCUT2D eigenvalue weighted by molar-refractivity contribution is -0.136. The van der Waals surface area contributed by atoms with E-state index < -0.39 is 16.0 Å². The zero-order valence-electron chi connectivity index (χ0n) is 12.8. The Morgan fingerprint density at radius 1 is 1.29 bits per heavy atom. The number of carbonyl (C=O) groups is 1. The van der Waals surface area contributed by atoms with E-state index in [-0.39, 0.29) is 17.9 Å². The lowest BCUT2D eigenvalue weighted by Crippen LogP contribution is -2.27. The summed E-state index contributed by atoms with van der Waals surface area (Å²) in [6.07, 6.45) is -0.193. The van der Waals surface area contributed by atoms with Crippen LogP contribution in [0.5, 0.6) is 0 Å². The highest BCUT2D eigenvalue weighted by molar-refractivity contribution is 7.89. The average molecular weight is 311 g/mol. The minimum Gasteiger partial charge on any atom is -0.481 e. The second kappa shape index (κ2) is 6.41. The summed E-state index contributed by atoms with van der Waals surface area (Å²) in [6.45, 7) is 10.7. The smallest absolute Gasteiger partial charge is 0.307 e. The number of carboxylic acids is 1. The zero-order valence-corrected chi connectivity index (χ0v) is 13.6. The Bertz CT molecular complexity index is 690. The molecule has 0 unspecified atom stereocenters. The number of nitrogens with one attached hydrogen (secondary N) is 1. The predicted molar refractivity (Wildman–Crippen MR) is 82.0 cm³/mol. The quantitative estimate of drug-likeness (QED) is 0.788. The molecule has 0 saturated carbocycles. The highest BCUT2D eigenvalue weighted by atomic mass is 32.2. The molecule has 0 bridgehead atoms. The van der Waals surface area contributed by atoms with Crippen LogP contribution < -0.4 is 4.72 Å². The molecule has 1 aromatic carbocycles. The second-order valence-electron chi connectivity index (χ2n) is 5.30. The molecule has 0 aromatic heterocycles. The van der Waals surface area contributed by atoms with Crippen molar-refractivity contribution in [3.05, 3.63) is 40.5 Å². The van der Waals surface area contributed by atoms with Gasteiger partial charge in [0.25, 0.3) is 0 Å². The second-order valence-corrected chi connectivity index (χ2v) is 7.00. The van der Waals surface area contributed by atoms with Gasteiger partial charge in [-0.1, -0.05) is 18.2 Å². The average Bonchev–Trinajstić information content (AvgIpc) is 2.31. The molecule has 0 radical (unpaired) electrons. The molecule has 6 heteroatoms. The van der Waals surface area contributed by atoms with Gasteiger partial charge in [0, 0.05) is 6.54 Å². The Balaban J connectivity index is 3.42. The van der Waals surface area contributed by atoms with Crippen molar-refractivity contribution >= 4 is 16.0 Å². The summed E-state index contributed by atoms with van der Waals surface area (Å²) in [5.74, 6) is -0.983. The standard InChI is InChI=1S/C15H21NO4S/c1-9(2)8-16-21(19,20)15-11(4)6-10(3)13(12(15)5)7-14(17)18/h6,16H,1,7-8H2,2-5H3,(H,17,18). The van der Waals surface area contributed by atoms with E-state index >= 15 is 0 Å². The van der Waals surface area contributed by atoms with E-state index in [1.165, 1.54) is 0 Å². The van der Waals surface area contributed by atoms with Crippen LogP contribution in [0.25, 0.3) is 0 Å². The van der Waals surface area contributed by atoms with Crippen LogP contribution in [0, 0.1) is 20.8 Å². The van der Waals surface area contributed by atoms with E-state index in [0.717, 1.165) is 5.56 Å². The molecule has 0 fully saturated rings. The Kier molecular flexibility index (Phi) is 5.31. The van der Waals surface area contributed by atoms with Gasteiger partial charge in [0.1, 0.15) is 0 Å². The van der Waals surface area contributed by atoms with Gasteiger partial charge in [0.2, 0.25) is 10.0 Å². The molecule has 0 amide bonds. The Hall–Kier alpha value is -1.66. The van der Waals surface area contributed by atoms with Gasteiger partial charge in [-0.15, -0.1) is 0 Å². The molecule has 0 aliphatic heterocycles. The van der Waals surface area contributed by atoms with Crippen molar-refractivity contribution < 1.29 is 18.3 Å². The molecule has 0 aliphatic carbocycles. The molecule has 1 aromatic rings. The summed E-state index contributed by atoms with van der Waals surface area (Å²) in [4.78, 5) is 11.1. The fraction of sp³-hybridized carbons (Fsp3) is 0.400. The van der Waals surface area contributed by atoms with E-state index in [9.17, 15) is 13.2 Å². The topological polar surface area (TPSA) is 83.5 Å². The summed E-state index contributed by atoms with van der Waals surface area (Å²) in [5, 5.41) is 8.98. The summed E-state index contributed by atoms with van der Waals surface area (Å²) < 4.78 is 27.3. The monoisotopic (exact) mass is 311 g/mol. The van der Waals surface area contributed by atoms with Gasteiger partial charge in [-0.2, -0.15) is 0 Å². The third-order valence-electron chi connectivity index (χ3n) is 3.22. The fourth-order valence-electron chi connectivity index (χ4n) is 2.33. The number of benzene rings is 1. The van der Waals surface area contributed by atoms with Crippen molar-refractivity contribution in [3.8, 4) is 0 Å². The maximum absolute atomic E-state index is 12.4. The first-order valence-corrected chi connectivity index (χ1v) is 8.00. The Morgan fingerprint density at radius 3 is 2.33 bits per heavy atom. The number of sulfonamides is 1. The lowest BCUT2D eigenvalue weighted by Gasteiger charge is -2.17. The Labute approximate surface area is 125 Å². The van der Waals surface area contributed by atoms with E-state index in [2.05, 4.69) is 11.3 Å². The lowest BCUT2D eigenvalue weighted by atomic mass is 9.97. The summed E-state index contributed by atoms with van der Waals surface area (Å²) in [7, 11) is -3.70. The third-order valence-corrected chi connectivity index (χ3v) is 4.91. The van der Waals surface area contributed by atoms with Crippen LogP contribution >= 0.6 is 0 Å². The molecule has 2 N–H and O–H groups in total. The number of hydrogen-bond acceptors (Lipinski definition) is 3. The maximum Gasteiger partial charge on any atom is 0.307 e. The predicted octanol–water partition coefficient (Wildman–Crippen LogP) is 2.09. The SMILES string of the molecule is C=C(C)CNS(=O)(=O)c1c(C)cc(C)c(CC(=O)O)c1C. The normalized spacial score (nSPS) is 11.4. The van der Waals surface area contributed by atoms with Crippen LogP contribution in [0.15, 0.2) is 23.1 Å². The van der Waals surface area contributed by atoms with Crippen LogP contribution in [0.3, 0.4) is 0 Å². The van der Waals surface area contributed by atoms with Crippen LogP contribution in [0.1, 0.15) is 29.2 Å². The third kappa shape index (κ3) is 4.15. The summed E-state index contributed by atoms with van der Waals surface area (Å²) in [5.41, 5.74) is 3.12. The van der Waals surface area contributed by atoms with Crippen LogP contribution in [-0.2, 0) is 21.2 Å². The largest absolute Gasteiger partial charge is 0.481 e. The minimum atomic E-state index is -3.70.